The van der Waals surface area contributed by atoms with Crippen LogP contribution in [0.25, 0.3) is 0 Å². The summed E-state index contributed by atoms with van der Waals surface area (Å²) >= 11 is 0. The second kappa shape index (κ2) is 6.05. The van der Waals surface area contributed by atoms with Crippen molar-refractivity contribution in [2.45, 2.75) is 24.7 Å². The number of methoxy groups -OCH3 is 1. The number of halogens is 2. The number of benzene rings is 1. The third-order valence-electron chi connectivity index (χ3n) is 3.11. The summed E-state index contributed by atoms with van der Waals surface area (Å²) < 4.78 is 60.8. The van der Waals surface area contributed by atoms with Gasteiger partial charge < -0.3 is 9.47 Å². The Morgan fingerprint density at radius 3 is 2.50 bits per heavy atom. The standard InChI is InChI=1S/C13H16F2O4S/c1-18-13-11(14)5-9(6-12(13)15)7-20(16,17)8-10-3-2-4-19-10/h5-6,10H,2-4,7-8H2,1H3. The molecule has 0 aliphatic carbocycles. The van der Waals surface area contributed by atoms with Gasteiger partial charge in [0, 0.05) is 6.61 Å². The lowest BCUT2D eigenvalue weighted by Crippen LogP contribution is -2.21. The summed E-state index contributed by atoms with van der Waals surface area (Å²) in [5.74, 6) is -2.86. The number of ether oxygens (including phenoxy) is 2. The van der Waals surface area contributed by atoms with Crippen molar-refractivity contribution in [2.24, 2.45) is 0 Å². The third-order valence-corrected chi connectivity index (χ3v) is 4.77. The van der Waals surface area contributed by atoms with Crippen molar-refractivity contribution in [3.8, 4) is 5.75 Å². The maximum Gasteiger partial charge on any atom is 0.190 e. The highest BCUT2D eigenvalue weighted by molar-refractivity contribution is 7.90. The van der Waals surface area contributed by atoms with Gasteiger partial charge in [0.2, 0.25) is 0 Å². The molecule has 1 aliphatic heterocycles. The summed E-state index contributed by atoms with van der Waals surface area (Å²) in [5.41, 5.74) is 0.0683. The van der Waals surface area contributed by atoms with Crippen molar-refractivity contribution in [1.29, 1.82) is 0 Å². The summed E-state index contributed by atoms with van der Waals surface area (Å²) in [6, 6.07) is 1.96. The molecule has 1 heterocycles. The predicted octanol–water partition coefficient (Wildman–Crippen LogP) is 2.07. The average Bonchev–Trinajstić information content (AvgIpc) is 2.79. The quantitative estimate of drug-likeness (QED) is 0.835. The van der Waals surface area contributed by atoms with Crippen LogP contribution >= 0.6 is 0 Å². The van der Waals surface area contributed by atoms with Crippen LogP contribution in [0.1, 0.15) is 18.4 Å². The Morgan fingerprint density at radius 1 is 1.35 bits per heavy atom. The van der Waals surface area contributed by atoms with Gasteiger partial charge in [-0.25, -0.2) is 17.2 Å². The molecule has 2 rings (SSSR count). The van der Waals surface area contributed by atoms with E-state index in [1.807, 2.05) is 0 Å². The predicted molar refractivity (Wildman–Crippen MR) is 69.4 cm³/mol. The molecule has 1 saturated heterocycles. The van der Waals surface area contributed by atoms with Crippen LogP contribution in [0.15, 0.2) is 12.1 Å². The molecule has 1 atom stereocenters. The summed E-state index contributed by atoms with van der Waals surface area (Å²) in [6.45, 7) is 0.561. The van der Waals surface area contributed by atoms with Crippen molar-refractivity contribution >= 4 is 9.84 Å². The Hall–Kier alpha value is -1.21. The molecule has 112 valence electrons. The highest BCUT2D eigenvalue weighted by atomic mass is 32.2. The largest absolute Gasteiger partial charge is 0.491 e. The molecule has 0 radical (unpaired) electrons. The van der Waals surface area contributed by atoms with E-state index in [2.05, 4.69) is 4.74 Å². The van der Waals surface area contributed by atoms with Crippen LogP contribution in [0.2, 0.25) is 0 Å². The average molecular weight is 306 g/mol. The van der Waals surface area contributed by atoms with Gasteiger partial charge in [0.25, 0.3) is 0 Å². The van der Waals surface area contributed by atoms with Crippen LogP contribution in [0.4, 0.5) is 8.78 Å². The second-order valence-electron chi connectivity index (χ2n) is 4.78. The van der Waals surface area contributed by atoms with E-state index in [4.69, 9.17) is 4.74 Å². The molecule has 1 unspecified atom stereocenters. The molecule has 4 nitrogen and oxygen atoms in total. The molecule has 0 bridgehead atoms. The highest BCUT2D eigenvalue weighted by Gasteiger charge is 2.24. The summed E-state index contributed by atoms with van der Waals surface area (Å²) in [5, 5.41) is 0. The van der Waals surface area contributed by atoms with Gasteiger partial charge in [0.05, 0.1) is 24.7 Å². The lowest BCUT2D eigenvalue weighted by molar-refractivity contribution is 0.127. The molecule has 1 fully saturated rings. The first-order valence-corrected chi connectivity index (χ1v) is 8.07. The Kier molecular flexibility index (Phi) is 4.59. The van der Waals surface area contributed by atoms with E-state index in [1.165, 1.54) is 0 Å². The number of hydrogen-bond acceptors (Lipinski definition) is 4. The van der Waals surface area contributed by atoms with Gasteiger partial charge in [0.15, 0.2) is 27.2 Å². The molecule has 0 spiro atoms. The molecule has 0 amide bonds. The number of hydrogen-bond donors (Lipinski definition) is 0. The minimum absolute atomic E-state index is 0.0683. The van der Waals surface area contributed by atoms with E-state index in [1.54, 1.807) is 0 Å². The smallest absolute Gasteiger partial charge is 0.190 e. The highest BCUT2D eigenvalue weighted by Crippen LogP contribution is 2.24. The molecule has 1 aromatic carbocycles. The van der Waals surface area contributed by atoms with Gasteiger partial charge in [-0.3, -0.25) is 0 Å². The Morgan fingerprint density at radius 2 is 2.00 bits per heavy atom. The van der Waals surface area contributed by atoms with E-state index < -0.39 is 33.0 Å². The van der Waals surface area contributed by atoms with Crippen LogP contribution in [-0.4, -0.2) is 34.0 Å². The molecule has 1 aromatic rings. The SMILES string of the molecule is COc1c(F)cc(CS(=O)(=O)CC2CCCO2)cc1F. The minimum atomic E-state index is -3.47. The normalized spacial score (nSPS) is 19.2. The fraction of sp³-hybridized carbons (Fsp3) is 0.538. The van der Waals surface area contributed by atoms with Gasteiger partial charge in [-0.05, 0) is 30.5 Å². The van der Waals surface area contributed by atoms with E-state index in [0.29, 0.717) is 13.0 Å². The van der Waals surface area contributed by atoms with Crippen molar-refractivity contribution in [3.05, 3.63) is 29.3 Å². The van der Waals surface area contributed by atoms with Crippen LogP contribution in [-0.2, 0) is 20.3 Å². The fourth-order valence-corrected chi connectivity index (χ4v) is 3.88. The first-order chi connectivity index (χ1) is 9.41. The maximum atomic E-state index is 13.5. The van der Waals surface area contributed by atoms with E-state index in [-0.39, 0.29) is 17.4 Å². The van der Waals surface area contributed by atoms with Gasteiger partial charge in [-0.15, -0.1) is 0 Å². The third kappa shape index (κ3) is 3.67. The monoisotopic (exact) mass is 306 g/mol. The molecular formula is C13H16F2O4S. The Bertz CT molecular complexity index is 557. The minimum Gasteiger partial charge on any atom is -0.491 e. The first-order valence-electron chi connectivity index (χ1n) is 6.25. The number of sulfone groups is 1. The second-order valence-corrected chi connectivity index (χ2v) is 6.89. The topological polar surface area (TPSA) is 52.6 Å². The lowest BCUT2D eigenvalue weighted by atomic mass is 10.2. The summed E-state index contributed by atoms with van der Waals surface area (Å²) in [6.07, 6.45) is 1.23. The molecule has 0 saturated carbocycles. The van der Waals surface area contributed by atoms with Crippen LogP contribution < -0.4 is 4.74 Å². The van der Waals surface area contributed by atoms with Gasteiger partial charge in [0.1, 0.15) is 0 Å². The maximum absolute atomic E-state index is 13.5. The Labute approximate surface area is 116 Å². The van der Waals surface area contributed by atoms with E-state index in [0.717, 1.165) is 25.7 Å². The lowest BCUT2D eigenvalue weighted by Gasteiger charge is -2.11. The van der Waals surface area contributed by atoms with Crippen LogP contribution in [0, 0.1) is 11.6 Å². The molecule has 20 heavy (non-hydrogen) atoms. The fourth-order valence-electron chi connectivity index (χ4n) is 2.26. The number of rotatable bonds is 5. The molecule has 1 aliphatic rings. The molecule has 0 N–H and O–H groups in total. The van der Waals surface area contributed by atoms with Crippen molar-refractivity contribution in [2.75, 3.05) is 19.5 Å². The summed E-state index contributed by atoms with van der Waals surface area (Å²) in [7, 11) is -2.32. The van der Waals surface area contributed by atoms with Gasteiger partial charge in [-0.1, -0.05) is 0 Å². The molecular weight excluding hydrogens is 290 g/mol. The summed E-state index contributed by atoms with van der Waals surface area (Å²) in [4.78, 5) is 0. The van der Waals surface area contributed by atoms with Crippen molar-refractivity contribution in [3.63, 3.8) is 0 Å². The first kappa shape index (κ1) is 15.2. The van der Waals surface area contributed by atoms with Crippen LogP contribution in [0.5, 0.6) is 5.75 Å². The van der Waals surface area contributed by atoms with Crippen LogP contribution in [0.3, 0.4) is 0 Å². The zero-order valence-electron chi connectivity index (χ0n) is 11.1. The molecule has 7 heteroatoms. The van der Waals surface area contributed by atoms with E-state index in [9.17, 15) is 17.2 Å². The van der Waals surface area contributed by atoms with Crippen molar-refractivity contribution < 1.29 is 26.7 Å². The Balaban J connectivity index is 2.12. The zero-order chi connectivity index (χ0) is 14.8. The van der Waals surface area contributed by atoms with E-state index >= 15 is 0 Å². The van der Waals surface area contributed by atoms with Gasteiger partial charge in [-0.2, -0.15) is 0 Å². The zero-order valence-corrected chi connectivity index (χ0v) is 11.9. The van der Waals surface area contributed by atoms with Crippen molar-refractivity contribution in [1.82, 2.24) is 0 Å². The van der Waals surface area contributed by atoms with Gasteiger partial charge >= 0.3 is 0 Å². The molecule has 0 aromatic heterocycles.